The minimum Gasteiger partial charge on any atom is -0.477 e. The second-order valence-electron chi connectivity index (χ2n) is 35.6. The molecule has 6 aliphatic heterocycles. The summed E-state index contributed by atoms with van der Waals surface area (Å²) in [6, 6.07) is -5.74. The smallest absolute Gasteiger partial charge is 0.366 e. The molecule has 6 saturated heterocycles. The fourth-order valence-corrected chi connectivity index (χ4v) is 16.3. The molecule has 145 heavy (non-hydrogen) atoms. The molecule has 0 spiro atoms. The Balaban J connectivity index is 0.000000881. The maximum Gasteiger partial charge on any atom is 0.366 e. The van der Waals surface area contributed by atoms with Gasteiger partial charge in [0.1, 0.15) is 84.5 Å². The van der Waals surface area contributed by atoms with Crippen molar-refractivity contribution in [1.82, 2.24) is 31.5 Å². The second-order valence-corrected chi connectivity index (χ2v) is 36.5. The number of ether oxygens (including phenoxy) is 12. The van der Waals surface area contributed by atoms with Gasteiger partial charge in [-0.2, -0.15) is 0 Å². The summed E-state index contributed by atoms with van der Waals surface area (Å²) in [4.78, 5) is 186. The van der Waals surface area contributed by atoms with Gasteiger partial charge in [0.15, 0.2) is 0 Å². The summed E-state index contributed by atoms with van der Waals surface area (Å²) in [5, 5.41) is 204. The highest BCUT2D eigenvalue weighted by Gasteiger charge is 2.62. The van der Waals surface area contributed by atoms with Crippen LogP contribution in [0.2, 0.25) is 0 Å². The van der Waals surface area contributed by atoms with Gasteiger partial charge in [0, 0.05) is 152 Å². The molecular formula is C90H156N7O47P. The van der Waals surface area contributed by atoms with Crippen LogP contribution in [0.4, 0.5) is 0 Å². The average molecular weight is 2120 g/mol. The number of carbonyl (C=O) groups is 16. The summed E-state index contributed by atoms with van der Waals surface area (Å²) in [6.45, 7) is 14.2. The molecule has 0 aliphatic carbocycles. The number of carboxylic acids is 2. The summed E-state index contributed by atoms with van der Waals surface area (Å²) in [6.07, 6.45) is -24.1. The van der Waals surface area contributed by atoms with Crippen molar-refractivity contribution in [3.05, 3.63) is 0 Å². The highest BCUT2D eigenvalue weighted by atomic mass is 31.0. The molecule has 0 aromatic rings. The first-order chi connectivity index (χ1) is 67.7. The molecule has 6 heterocycles. The van der Waals surface area contributed by atoms with Gasteiger partial charge >= 0.3 is 29.8 Å². The number of nitrogens with zero attached hydrogens (tertiary/aromatic N) is 1. The Morgan fingerprint density at radius 2 is 0.641 bits per heavy atom. The minimum atomic E-state index is -2.78. The van der Waals surface area contributed by atoms with E-state index < -0.39 is 266 Å². The topological polar surface area (TPSA) is 858 Å². The molecule has 55 heteroatoms. The largest absolute Gasteiger partial charge is 0.477 e. The molecule has 0 aromatic heterocycles. The van der Waals surface area contributed by atoms with Crippen molar-refractivity contribution in [2.75, 3.05) is 55.8 Å². The molecule has 6 aliphatic rings. The monoisotopic (exact) mass is 2120 g/mol. The van der Waals surface area contributed by atoms with Gasteiger partial charge in [0.2, 0.25) is 47.3 Å². The molecule has 0 aromatic carbocycles. The molecule has 54 nitrogen and oxygen atoms in total. The highest BCUT2D eigenvalue weighted by Crippen LogP contribution is 2.40. The van der Waals surface area contributed by atoms with Crippen LogP contribution < -0.4 is 32.3 Å². The Bertz CT molecular complexity index is 4020. The van der Waals surface area contributed by atoms with Gasteiger partial charge in [-0.05, 0) is 51.9 Å². The maximum atomic E-state index is 12.2. The van der Waals surface area contributed by atoms with Crippen molar-refractivity contribution < 1.29 is 231 Å². The molecule has 26 N–H and O–H groups in total. The van der Waals surface area contributed by atoms with Crippen molar-refractivity contribution in [2.24, 2.45) is 5.73 Å². The van der Waals surface area contributed by atoms with Crippen LogP contribution in [0, 0.1) is 0 Å². The third-order valence-corrected chi connectivity index (χ3v) is 24.1. The third kappa shape index (κ3) is 40.9. The number of hydrogen-bond acceptors (Lipinski definition) is 46. The number of aliphatic hydroxyl groups is 17. The van der Waals surface area contributed by atoms with Gasteiger partial charge in [-0.3, -0.25) is 52.7 Å². The van der Waals surface area contributed by atoms with Gasteiger partial charge in [-0.15, -0.1) is 9.24 Å². The highest BCUT2D eigenvalue weighted by molar-refractivity contribution is 7.17. The molecule has 6 rings (SSSR count). The van der Waals surface area contributed by atoms with E-state index in [4.69, 9.17) is 58.6 Å². The van der Waals surface area contributed by atoms with Gasteiger partial charge in [0.25, 0.3) is 28.9 Å². The number of imide groups is 3. The normalized spacial score (nSPS) is 29.8. The van der Waals surface area contributed by atoms with E-state index in [-0.39, 0.29) is 112 Å². The Morgan fingerprint density at radius 1 is 0.393 bits per heavy atom. The predicted octanol–water partition coefficient (Wildman–Crippen LogP) is -7.43. The standard InChI is InChI=1S/C19H34NO9P.C19H33NO9.C17H29NO9.C13H24N2O8.C13H23NO9.C9H13NO3/c1-4-5-6-12(22)7-8-13(23)16(25)17-15(20-10(2)21)14(24)9-19(29-17,18(26)27)28-11(3)30;1-5-6-7-12(22)8-9-13(23)16(25)17-15(20-11(2)21)14(24)10-19(28-4,29-17)18(26)27-3;1-3-4-5-10(20)6-7-11(21)14(23)15-13(18-9(2)19)12(22)8-17(26,27-15)16(24)25;1-6(16)15-9-7(17)4-13(22-3,12(20)21-2)23-11(9)10(19)8(18)5-14;1-6(16)14-9-7(17)4-13(22-3,12(20)21-2)23-11(9)10(19)8(18)5-15;1-2-3-4-7(11)10-8(12)5-6-9(10)13/h11,13-17,23-25H,4-9,30H2,1-3H3,(H,20,21)(H,26,27);13-17,23-25H,5-10H2,1-4H3,(H,20,21);11-15,21-23,26H,3-8H2,1-2H3,(H,18,19)(H,24,25);7-11,17-19H,4-5,14H2,1-3H3,(H,15,16);7-11,15,17-19H,4-5H2,1-3H3,(H,14,16);2-6H2,1H3/t11?,13-,14-,15-,16-,17?,19+;13-,14-,15-,16-,17?,19+;11-,12-,13-,14-,15?,17+;2*7-,8-,9-,10-,11?,13+;/m11111./s1. The Hall–Kier alpha value is -8.13. The first-order valence-electron chi connectivity index (χ1n) is 47.4. The van der Waals surface area contributed by atoms with Crippen LogP contribution in [0.1, 0.15) is 230 Å². The Labute approximate surface area is 840 Å². The van der Waals surface area contributed by atoms with Crippen molar-refractivity contribution in [3.63, 3.8) is 0 Å². The van der Waals surface area contributed by atoms with E-state index in [9.17, 15) is 164 Å². The molecule has 7 unspecified atom stereocenters. The van der Waals surface area contributed by atoms with Crippen LogP contribution >= 0.6 is 9.24 Å². The summed E-state index contributed by atoms with van der Waals surface area (Å²) in [7, 11) is 9.05. The number of esters is 3. The molecular weight excluding hydrogens is 1960 g/mol. The Kier molecular flexibility index (Phi) is 60.5. The Morgan fingerprint density at radius 3 is 0.876 bits per heavy atom. The summed E-state index contributed by atoms with van der Waals surface area (Å²) >= 11 is 0. The van der Waals surface area contributed by atoms with Crippen molar-refractivity contribution in [1.29, 1.82) is 0 Å². The van der Waals surface area contributed by atoms with E-state index in [1.54, 1.807) is 6.92 Å². The van der Waals surface area contributed by atoms with E-state index in [1.807, 2.05) is 27.7 Å². The zero-order valence-electron chi connectivity index (χ0n) is 84.6. The lowest BCUT2D eigenvalue weighted by atomic mass is 9.87. The van der Waals surface area contributed by atoms with Gasteiger partial charge in [-0.1, -0.05) is 53.4 Å². The van der Waals surface area contributed by atoms with Crippen LogP contribution in [0.25, 0.3) is 0 Å². The third-order valence-electron chi connectivity index (χ3n) is 24.0. The fraction of sp³-hybridized carbons (Fsp3) is 0.822. The number of carboxylic acid groups (broad SMARTS) is 2. The number of nitrogens with one attached hydrogen (secondary N) is 5. The van der Waals surface area contributed by atoms with Gasteiger partial charge in [0.05, 0.1) is 119 Å². The number of aliphatic carboxylic acids is 2. The van der Waals surface area contributed by atoms with Crippen LogP contribution in [-0.2, 0) is 134 Å². The number of Topliss-reactive ketones (excluding diaryl/α,β-unsaturated/α-hetero) is 3. The zero-order valence-corrected chi connectivity index (χ0v) is 85.8. The number of ketones is 3. The SMILES string of the molecule is CCCCC(=O)CC[C@@H](O)[C@@H](O)C1O[C@](O)(C(=O)O)C[C@@H](O)[C@H]1NC(C)=O.CCCCC(=O)CC[C@@H](O)[C@@H](O)C1O[C@](OC(C)P)(C(=O)O)C[C@@H](O)[C@H]1NC(C)=O.CCCCC(=O)CC[C@@H](O)[C@@H](O)C1O[C@](OC)(C(=O)OC)C[C@@H](O)[C@H]1NC(C)=O.CCCCC(=O)N1C(=O)CCC1=O.COC(=O)[C@]1(OC)C[C@@H](O)[C@@H](NC(C)=O)C([C@H](O)[C@H](O)CN)O1.COC(=O)[C@]1(OC)C[C@@H](O)[C@@H](NC(C)=O)C([C@H](O)[C@H](O)CO)O1. The fourth-order valence-electron chi connectivity index (χ4n) is 16.1. The summed E-state index contributed by atoms with van der Waals surface area (Å²) in [5.74, 6) is -21.6. The molecule has 0 radical (unpaired) electrons. The van der Waals surface area contributed by atoms with Crippen LogP contribution in [0.5, 0.6) is 0 Å². The number of likely N-dealkylation sites (tertiary alicyclic amines) is 1. The van der Waals surface area contributed by atoms with Crippen molar-refractivity contribution >= 4 is 104 Å². The number of aliphatic hydroxyl groups excluding tert-OH is 16. The van der Waals surface area contributed by atoms with E-state index in [2.05, 4.69) is 50.0 Å². The van der Waals surface area contributed by atoms with Crippen LogP contribution in [0.3, 0.4) is 0 Å². The molecule has 32 atom stereocenters. The average Bonchev–Trinajstić information content (AvgIpc) is 1.51. The number of carbonyl (C=O) groups excluding carboxylic acids is 14. The number of amides is 8. The number of hydrogen-bond donors (Lipinski definition) is 25. The second kappa shape index (κ2) is 65.1. The quantitative estimate of drug-likeness (QED) is 0.0116. The lowest BCUT2D eigenvalue weighted by molar-refractivity contribution is -0.313. The van der Waals surface area contributed by atoms with E-state index in [0.29, 0.717) is 32.1 Å². The molecule has 838 valence electrons. The van der Waals surface area contributed by atoms with Gasteiger partial charge < -0.3 is 186 Å². The predicted molar refractivity (Wildman–Crippen MR) is 497 cm³/mol. The number of nitrogens with two attached hydrogens (primary N) is 1. The maximum absolute atomic E-state index is 12.2. The first-order valence-corrected chi connectivity index (χ1v) is 48.1. The first kappa shape index (κ1) is 135. The number of methoxy groups -OCH3 is 6. The molecule has 6 fully saturated rings. The lowest BCUT2D eigenvalue weighted by Crippen LogP contribution is -2.68. The van der Waals surface area contributed by atoms with Crippen LogP contribution in [-0.4, -0.2) is 439 Å². The van der Waals surface area contributed by atoms with E-state index in [0.717, 1.165) is 85.2 Å². The lowest BCUT2D eigenvalue weighted by Gasteiger charge is -2.47. The number of unbranched alkanes of at least 4 members (excludes halogenated alkanes) is 4. The summed E-state index contributed by atoms with van der Waals surface area (Å²) in [5.41, 5.74) is 5.31. The van der Waals surface area contributed by atoms with Crippen molar-refractivity contribution in [2.45, 2.75) is 417 Å². The van der Waals surface area contributed by atoms with Crippen molar-refractivity contribution in [3.8, 4) is 0 Å². The number of rotatable bonds is 48. The van der Waals surface area contributed by atoms with Gasteiger partial charge in [-0.25, -0.2) is 28.9 Å². The summed E-state index contributed by atoms with van der Waals surface area (Å²) < 4.78 is 61.7. The molecule has 0 bridgehead atoms. The zero-order chi connectivity index (χ0) is 111. The molecule has 8 amide bonds. The van der Waals surface area contributed by atoms with Crippen LogP contribution in [0.15, 0.2) is 0 Å². The molecule has 0 saturated carbocycles. The van der Waals surface area contributed by atoms with E-state index in [1.165, 1.54) is 41.9 Å². The van der Waals surface area contributed by atoms with E-state index >= 15 is 0 Å². The minimum absolute atomic E-state index is 0.00149.